The first-order chi connectivity index (χ1) is 12.3. The molecule has 0 aliphatic rings. The lowest BCUT2D eigenvalue weighted by atomic mass is 10.2. The monoisotopic (exact) mass is 387 g/mol. The van der Waals surface area contributed by atoms with Crippen LogP contribution < -0.4 is 4.74 Å². The first-order valence-electron chi connectivity index (χ1n) is 7.37. The Morgan fingerprint density at radius 1 is 1.38 bits per heavy atom. The molecule has 140 valence electrons. The number of thioether (sulfide) groups is 1. The van der Waals surface area contributed by atoms with Crippen molar-refractivity contribution >= 4 is 17.7 Å². The predicted octanol–water partition coefficient (Wildman–Crippen LogP) is 3.33. The van der Waals surface area contributed by atoms with Crippen LogP contribution in [-0.2, 0) is 28.9 Å². The van der Waals surface area contributed by atoms with Crippen LogP contribution in [0.2, 0.25) is 0 Å². The Kier molecular flexibility index (Phi) is 6.67. The molecule has 2 rings (SSSR count). The summed E-state index contributed by atoms with van der Waals surface area (Å²) in [7, 11) is 1.28. The van der Waals surface area contributed by atoms with Crippen molar-refractivity contribution in [2.24, 2.45) is 0 Å². The van der Waals surface area contributed by atoms with Gasteiger partial charge in [-0.15, -0.1) is 16.8 Å². The van der Waals surface area contributed by atoms with Crippen LogP contribution in [0.3, 0.4) is 0 Å². The van der Waals surface area contributed by atoms with Gasteiger partial charge in [0.25, 0.3) is 0 Å². The molecule has 26 heavy (non-hydrogen) atoms. The zero-order valence-electron chi connectivity index (χ0n) is 13.8. The van der Waals surface area contributed by atoms with Crippen molar-refractivity contribution in [1.29, 1.82) is 0 Å². The van der Waals surface area contributed by atoms with Gasteiger partial charge in [-0.2, -0.15) is 13.2 Å². The summed E-state index contributed by atoms with van der Waals surface area (Å²) in [6.45, 7) is 3.92. The second kappa shape index (κ2) is 8.75. The minimum atomic E-state index is -4.44. The van der Waals surface area contributed by atoms with Gasteiger partial charge < -0.3 is 9.47 Å². The third kappa shape index (κ3) is 5.25. The van der Waals surface area contributed by atoms with Gasteiger partial charge in [0.1, 0.15) is 12.4 Å². The molecule has 1 aromatic heterocycles. The van der Waals surface area contributed by atoms with Crippen molar-refractivity contribution in [3.8, 4) is 5.75 Å². The van der Waals surface area contributed by atoms with Crippen molar-refractivity contribution in [2.75, 3.05) is 12.9 Å². The normalized spacial score (nSPS) is 11.2. The maximum absolute atomic E-state index is 12.7. The molecule has 0 aliphatic heterocycles. The number of halogens is 3. The molecule has 1 aromatic carbocycles. The van der Waals surface area contributed by atoms with Crippen molar-refractivity contribution in [1.82, 2.24) is 14.8 Å². The molecule has 0 bridgehead atoms. The van der Waals surface area contributed by atoms with Gasteiger partial charge in [-0.3, -0.25) is 9.36 Å². The topological polar surface area (TPSA) is 66.2 Å². The quantitative estimate of drug-likeness (QED) is 0.393. The molecule has 6 nitrogen and oxygen atoms in total. The summed E-state index contributed by atoms with van der Waals surface area (Å²) in [4.78, 5) is 11.2. The highest BCUT2D eigenvalue weighted by molar-refractivity contribution is 7.99. The Labute approximate surface area is 152 Å². The van der Waals surface area contributed by atoms with Gasteiger partial charge in [-0.25, -0.2) is 0 Å². The highest BCUT2D eigenvalue weighted by Crippen LogP contribution is 2.31. The molecule has 2 aromatic rings. The van der Waals surface area contributed by atoms with Crippen LogP contribution in [0.4, 0.5) is 13.2 Å². The van der Waals surface area contributed by atoms with Crippen LogP contribution in [-0.4, -0.2) is 33.6 Å². The highest BCUT2D eigenvalue weighted by atomic mass is 32.2. The molecule has 0 saturated carbocycles. The average molecular weight is 387 g/mol. The van der Waals surface area contributed by atoms with E-state index in [4.69, 9.17) is 4.74 Å². The first kappa shape index (κ1) is 19.8. The highest BCUT2D eigenvalue weighted by Gasteiger charge is 2.30. The zero-order chi connectivity index (χ0) is 19.2. The Bertz CT molecular complexity index is 778. The number of esters is 1. The van der Waals surface area contributed by atoms with E-state index in [0.29, 0.717) is 17.5 Å². The molecule has 0 saturated heterocycles. The number of carbonyl (C=O) groups is 1. The van der Waals surface area contributed by atoms with Crippen LogP contribution in [0.5, 0.6) is 5.75 Å². The summed E-state index contributed by atoms with van der Waals surface area (Å²) >= 11 is 1.13. The van der Waals surface area contributed by atoms with E-state index in [9.17, 15) is 18.0 Å². The summed E-state index contributed by atoms with van der Waals surface area (Å²) in [6.07, 6.45) is -2.83. The molecule has 0 N–H and O–H groups in total. The minimum absolute atomic E-state index is 0.0558. The standard InChI is InChI=1S/C16H16F3N3O3S/c1-3-7-22-13(20-21-15(22)26-10-14(23)24-2)9-25-12-6-4-5-11(8-12)16(17,18)19/h3-6,8H,1,7,9-10H2,2H3. The van der Waals surface area contributed by atoms with Gasteiger partial charge in [0.05, 0.1) is 18.4 Å². The molecule has 0 atom stereocenters. The molecule has 0 spiro atoms. The van der Waals surface area contributed by atoms with E-state index in [1.165, 1.54) is 19.2 Å². The van der Waals surface area contributed by atoms with E-state index >= 15 is 0 Å². The Hall–Kier alpha value is -2.49. The van der Waals surface area contributed by atoms with Gasteiger partial charge >= 0.3 is 12.1 Å². The fraction of sp³-hybridized carbons (Fsp3) is 0.312. The van der Waals surface area contributed by atoms with Crippen LogP contribution in [0.15, 0.2) is 42.1 Å². The number of ether oxygens (including phenoxy) is 2. The zero-order valence-corrected chi connectivity index (χ0v) is 14.6. The Balaban J connectivity index is 2.10. The third-order valence-electron chi connectivity index (χ3n) is 3.18. The number of carbonyl (C=O) groups excluding carboxylic acids is 1. The lowest BCUT2D eigenvalue weighted by molar-refractivity contribution is -0.138. The largest absolute Gasteiger partial charge is 0.486 e. The van der Waals surface area contributed by atoms with Gasteiger partial charge in [-0.1, -0.05) is 23.9 Å². The number of hydrogen-bond acceptors (Lipinski definition) is 6. The first-order valence-corrected chi connectivity index (χ1v) is 8.36. The van der Waals surface area contributed by atoms with Crippen LogP contribution in [0.25, 0.3) is 0 Å². The van der Waals surface area contributed by atoms with E-state index in [2.05, 4.69) is 21.5 Å². The Morgan fingerprint density at radius 2 is 2.15 bits per heavy atom. The molecular weight excluding hydrogens is 371 g/mol. The number of rotatable bonds is 8. The van der Waals surface area contributed by atoms with Gasteiger partial charge in [0.2, 0.25) is 0 Å². The molecule has 0 fully saturated rings. The number of nitrogens with zero attached hydrogens (tertiary/aromatic N) is 3. The Morgan fingerprint density at radius 3 is 2.81 bits per heavy atom. The molecular formula is C16H16F3N3O3S. The lowest BCUT2D eigenvalue weighted by Crippen LogP contribution is -2.09. The number of aromatic nitrogens is 3. The number of allylic oxidation sites excluding steroid dienone is 1. The lowest BCUT2D eigenvalue weighted by Gasteiger charge is -2.11. The second-order valence-corrected chi connectivity index (χ2v) is 5.92. The third-order valence-corrected chi connectivity index (χ3v) is 4.12. The molecule has 1 heterocycles. The molecule has 10 heteroatoms. The van der Waals surface area contributed by atoms with Crippen LogP contribution >= 0.6 is 11.8 Å². The van der Waals surface area contributed by atoms with Gasteiger partial charge in [-0.05, 0) is 18.2 Å². The van der Waals surface area contributed by atoms with E-state index in [0.717, 1.165) is 23.9 Å². The van der Waals surface area contributed by atoms with Gasteiger partial charge in [0, 0.05) is 6.54 Å². The SMILES string of the molecule is C=CCn1c(COc2cccc(C(F)(F)F)c2)nnc1SCC(=O)OC. The van der Waals surface area contributed by atoms with E-state index in [-0.39, 0.29) is 18.1 Å². The predicted molar refractivity (Wildman–Crippen MR) is 88.7 cm³/mol. The number of benzene rings is 1. The van der Waals surface area contributed by atoms with Crippen molar-refractivity contribution < 1.29 is 27.4 Å². The van der Waals surface area contributed by atoms with Crippen LogP contribution in [0, 0.1) is 0 Å². The van der Waals surface area contributed by atoms with Crippen LogP contribution in [0.1, 0.15) is 11.4 Å². The van der Waals surface area contributed by atoms with E-state index in [1.807, 2.05) is 0 Å². The van der Waals surface area contributed by atoms with Crippen molar-refractivity contribution in [3.63, 3.8) is 0 Å². The summed E-state index contributed by atoms with van der Waals surface area (Å²) in [5, 5.41) is 8.40. The number of hydrogen-bond donors (Lipinski definition) is 0. The minimum Gasteiger partial charge on any atom is -0.486 e. The smallest absolute Gasteiger partial charge is 0.416 e. The molecule has 0 radical (unpaired) electrons. The summed E-state index contributed by atoms with van der Waals surface area (Å²) < 4.78 is 49.9. The van der Waals surface area contributed by atoms with Gasteiger partial charge in [0.15, 0.2) is 11.0 Å². The molecule has 0 unspecified atom stereocenters. The van der Waals surface area contributed by atoms with Crippen molar-refractivity contribution in [3.05, 3.63) is 48.3 Å². The van der Waals surface area contributed by atoms with E-state index < -0.39 is 17.7 Å². The number of methoxy groups -OCH3 is 1. The fourth-order valence-corrected chi connectivity index (χ4v) is 2.74. The van der Waals surface area contributed by atoms with Crippen molar-refractivity contribution in [2.45, 2.75) is 24.5 Å². The summed E-state index contributed by atoms with van der Waals surface area (Å²) in [5.41, 5.74) is -0.795. The molecule has 0 amide bonds. The average Bonchev–Trinajstić information content (AvgIpc) is 2.99. The maximum atomic E-state index is 12.7. The molecule has 0 aliphatic carbocycles. The summed E-state index contributed by atoms with van der Waals surface area (Å²) in [6, 6.07) is 4.58. The van der Waals surface area contributed by atoms with E-state index in [1.54, 1.807) is 10.6 Å². The maximum Gasteiger partial charge on any atom is 0.416 e. The summed E-state index contributed by atoms with van der Waals surface area (Å²) in [5.74, 6) is 0.108. The fourth-order valence-electron chi connectivity index (χ4n) is 1.94. The second-order valence-electron chi connectivity index (χ2n) is 4.98. The number of alkyl halides is 3.